The van der Waals surface area contributed by atoms with Crippen LogP contribution in [0, 0.1) is 5.92 Å². The third-order valence-electron chi connectivity index (χ3n) is 3.62. The first-order valence-electron chi connectivity index (χ1n) is 6.35. The van der Waals surface area contributed by atoms with Crippen LogP contribution in [-0.2, 0) is 9.53 Å². The summed E-state index contributed by atoms with van der Waals surface area (Å²) in [5.74, 6) is 0.178. The lowest BCUT2D eigenvalue weighted by Gasteiger charge is -2.30. The molecular weight excluding hydrogens is 204 g/mol. The van der Waals surface area contributed by atoms with Crippen molar-refractivity contribution in [2.24, 2.45) is 5.92 Å². The van der Waals surface area contributed by atoms with Crippen LogP contribution in [0.5, 0.6) is 0 Å². The number of esters is 1. The topological polar surface area (TPSA) is 41.6 Å². The molecule has 0 aliphatic carbocycles. The normalized spacial score (nSPS) is 25.6. The van der Waals surface area contributed by atoms with Gasteiger partial charge >= 0.3 is 5.97 Å². The van der Waals surface area contributed by atoms with Gasteiger partial charge in [-0.25, -0.2) is 0 Å². The molecule has 1 N–H and O–H groups in total. The Balaban J connectivity index is 1.73. The SMILES string of the molecule is CN1CCC(OC(=O)C2CCNCC2)CC1. The standard InChI is InChI=1S/C12H22N2O2/c1-14-8-4-11(5-9-14)16-12(15)10-2-6-13-7-3-10/h10-11,13H,2-9H2,1H3. The largest absolute Gasteiger partial charge is 0.462 e. The molecule has 2 heterocycles. The minimum absolute atomic E-state index is 0.0380. The maximum atomic E-state index is 11.9. The zero-order chi connectivity index (χ0) is 11.4. The fourth-order valence-electron chi connectivity index (χ4n) is 2.42. The first-order chi connectivity index (χ1) is 7.75. The van der Waals surface area contributed by atoms with E-state index in [1.54, 1.807) is 0 Å². The Kier molecular flexibility index (Phi) is 4.18. The molecule has 2 fully saturated rings. The fourth-order valence-corrected chi connectivity index (χ4v) is 2.42. The van der Waals surface area contributed by atoms with Gasteiger partial charge in [0.25, 0.3) is 0 Å². The van der Waals surface area contributed by atoms with Gasteiger partial charge in [-0.1, -0.05) is 0 Å². The van der Waals surface area contributed by atoms with Gasteiger partial charge in [-0.15, -0.1) is 0 Å². The maximum absolute atomic E-state index is 11.9. The monoisotopic (exact) mass is 226 g/mol. The summed E-state index contributed by atoms with van der Waals surface area (Å²) in [6, 6.07) is 0. The number of nitrogens with one attached hydrogen (secondary N) is 1. The smallest absolute Gasteiger partial charge is 0.309 e. The number of hydrogen-bond acceptors (Lipinski definition) is 4. The van der Waals surface area contributed by atoms with Gasteiger partial charge in [0, 0.05) is 13.1 Å². The minimum atomic E-state index is 0.0380. The molecule has 92 valence electrons. The molecule has 0 amide bonds. The van der Waals surface area contributed by atoms with E-state index in [9.17, 15) is 4.79 Å². The average molecular weight is 226 g/mol. The van der Waals surface area contributed by atoms with Crippen LogP contribution in [-0.4, -0.2) is 50.2 Å². The van der Waals surface area contributed by atoms with E-state index in [0.29, 0.717) is 0 Å². The quantitative estimate of drug-likeness (QED) is 0.701. The van der Waals surface area contributed by atoms with Crippen molar-refractivity contribution < 1.29 is 9.53 Å². The number of likely N-dealkylation sites (tertiary alicyclic amines) is 1. The molecule has 0 radical (unpaired) electrons. The second-order valence-electron chi connectivity index (χ2n) is 4.96. The third kappa shape index (κ3) is 3.19. The van der Waals surface area contributed by atoms with Crippen LogP contribution in [0.4, 0.5) is 0 Å². The van der Waals surface area contributed by atoms with Gasteiger partial charge in [0.1, 0.15) is 6.10 Å². The predicted octanol–water partition coefficient (Wildman–Crippen LogP) is 0.623. The van der Waals surface area contributed by atoms with Crippen LogP contribution >= 0.6 is 0 Å². The van der Waals surface area contributed by atoms with Crippen LogP contribution in [0.15, 0.2) is 0 Å². The number of nitrogens with zero attached hydrogens (tertiary/aromatic N) is 1. The molecule has 0 spiro atoms. The molecule has 0 saturated carbocycles. The molecule has 0 aromatic carbocycles. The van der Waals surface area contributed by atoms with Gasteiger partial charge in [-0.2, -0.15) is 0 Å². The summed E-state index contributed by atoms with van der Waals surface area (Å²) < 4.78 is 5.59. The van der Waals surface area contributed by atoms with Crippen molar-refractivity contribution in [3.63, 3.8) is 0 Å². The summed E-state index contributed by atoms with van der Waals surface area (Å²) in [5.41, 5.74) is 0. The molecular formula is C12H22N2O2. The van der Waals surface area contributed by atoms with Gasteiger partial charge in [-0.05, 0) is 45.8 Å². The van der Waals surface area contributed by atoms with Gasteiger partial charge in [-0.3, -0.25) is 4.79 Å². The van der Waals surface area contributed by atoms with E-state index in [2.05, 4.69) is 17.3 Å². The van der Waals surface area contributed by atoms with Crippen LogP contribution in [0.2, 0.25) is 0 Å². The van der Waals surface area contributed by atoms with Gasteiger partial charge < -0.3 is 15.0 Å². The molecule has 0 aromatic rings. The van der Waals surface area contributed by atoms with Gasteiger partial charge in [0.05, 0.1) is 5.92 Å². The van der Waals surface area contributed by atoms with Crippen molar-refractivity contribution in [3.8, 4) is 0 Å². The highest BCUT2D eigenvalue weighted by atomic mass is 16.5. The van der Waals surface area contributed by atoms with E-state index in [4.69, 9.17) is 4.74 Å². The lowest BCUT2D eigenvalue weighted by Crippen LogP contribution is -2.38. The zero-order valence-electron chi connectivity index (χ0n) is 10.1. The highest BCUT2D eigenvalue weighted by Crippen LogP contribution is 2.18. The van der Waals surface area contributed by atoms with Crippen molar-refractivity contribution in [2.45, 2.75) is 31.8 Å². The molecule has 2 aliphatic rings. The van der Waals surface area contributed by atoms with E-state index in [1.165, 1.54) is 0 Å². The molecule has 2 aliphatic heterocycles. The Morgan fingerprint density at radius 1 is 1.19 bits per heavy atom. The molecule has 0 unspecified atom stereocenters. The second-order valence-corrected chi connectivity index (χ2v) is 4.96. The van der Waals surface area contributed by atoms with Gasteiger partial charge in [0.2, 0.25) is 0 Å². The lowest BCUT2D eigenvalue weighted by molar-refractivity contribution is -0.157. The number of hydrogen-bond donors (Lipinski definition) is 1. The minimum Gasteiger partial charge on any atom is -0.462 e. The first-order valence-corrected chi connectivity index (χ1v) is 6.35. The van der Waals surface area contributed by atoms with E-state index < -0.39 is 0 Å². The summed E-state index contributed by atoms with van der Waals surface area (Å²) in [7, 11) is 2.12. The van der Waals surface area contributed by atoms with Gasteiger partial charge in [0.15, 0.2) is 0 Å². The van der Waals surface area contributed by atoms with Crippen LogP contribution in [0.3, 0.4) is 0 Å². The number of piperidine rings is 2. The van der Waals surface area contributed by atoms with Crippen LogP contribution in [0.1, 0.15) is 25.7 Å². The van der Waals surface area contributed by atoms with Crippen molar-refractivity contribution >= 4 is 5.97 Å². The van der Waals surface area contributed by atoms with Crippen molar-refractivity contribution in [2.75, 3.05) is 33.2 Å². The van der Waals surface area contributed by atoms with E-state index in [0.717, 1.165) is 51.9 Å². The Labute approximate surface area is 97.3 Å². The van der Waals surface area contributed by atoms with E-state index >= 15 is 0 Å². The van der Waals surface area contributed by atoms with Crippen molar-refractivity contribution in [3.05, 3.63) is 0 Å². The zero-order valence-corrected chi connectivity index (χ0v) is 10.1. The maximum Gasteiger partial charge on any atom is 0.309 e. The molecule has 2 rings (SSSR count). The number of ether oxygens (including phenoxy) is 1. The number of carbonyl (C=O) groups excluding carboxylic acids is 1. The summed E-state index contributed by atoms with van der Waals surface area (Å²) in [4.78, 5) is 14.2. The molecule has 0 aromatic heterocycles. The molecule has 4 nitrogen and oxygen atoms in total. The Hall–Kier alpha value is -0.610. The first kappa shape index (κ1) is 11.9. The van der Waals surface area contributed by atoms with Crippen LogP contribution < -0.4 is 5.32 Å². The number of carbonyl (C=O) groups is 1. The lowest BCUT2D eigenvalue weighted by atomic mass is 9.98. The second kappa shape index (κ2) is 5.64. The van der Waals surface area contributed by atoms with E-state index in [-0.39, 0.29) is 18.0 Å². The van der Waals surface area contributed by atoms with Crippen LogP contribution in [0.25, 0.3) is 0 Å². The molecule has 4 heteroatoms. The summed E-state index contributed by atoms with van der Waals surface area (Å²) in [5, 5.41) is 3.26. The Bertz CT molecular complexity index is 231. The molecule has 0 atom stereocenters. The van der Waals surface area contributed by atoms with Crippen molar-refractivity contribution in [1.29, 1.82) is 0 Å². The van der Waals surface area contributed by atoms with Crippen molar-refractivity contribution in [1.82, 2.24) is 10.2 Å². The Morgan fingerprint density at radius 3 is 2.44 bits per heavy atom. The highest BCUT2D eigenvalue weighted by molar-refractivity contribution is 5.72. The highest BCUT2D eigenvalue weighted by Gasteiger charge is 2.26. The summed E-state index contributed by atoms with van der Waals surface area (Å²) in [6.07, 6.45) is 4.02. The predicted molar refractivity (Wildman–Crippen MR) is 62.2 cm³/mol. The molecule has 2 saturated heterocycles. The summed E-state index contributed by atoms with van der Waals surface area (Å²) >= 11 is 0. The fraction of sp³-hybridized carbons (Fsp3) is 0.917. The summed E-state index contributed by atoms with van der Waals surface area (Å²) in [6.45, 7) is 3.99. The van der Waals surface area contributed by atoms with E-state index in [1.807, 2.05) is 0 Å². The molecule has 16 heavy (non-hydrogen) atoms. The average Bonchev–Trinajstić information content (AvgIpc) is 2.33. The third-order valence-corrected chi connectivity index (χ3v) is 3.62. The Morgan fingerprint density at radius 2 is 1.81 bits per heavy atom. The number of rotatable bonds is 2. The molecule has 0 bridgehead atoms.